The Morgan fingerprint density at radius 3 is 1.76 bits per heavy atom. The number of amides is 1. The molecule has 0 rings (SSSR count). The van der Waals surface area contributed by atoms with Gasteiger partial charge < -0.3 is 9.80 Å². The maximum Gasteiger partial charge on any atom is 0.224 e. The third-order valence-electron chi connectivity index (χ3n) is 7.93. The van der Waals surface area contributed by atoms with Crippen molar-refractivity contribution in [2.24, 2.45) is 10.8 Å². The molecule has 0 spiro atoms. The summed E-state index contributed by atoms with van der Waals surface area (Å²) >= 11 is 2.07. The van der Waals surface area contributed by atoms with Crippen LogP contribution in [0.25, 0.3) is 0 Å². The summed E-state index contributed by atoms with van der Waals surface area (Å²) in [6, 6.07) is 0. The van der Waals surface area contributed by atoms with Gasteiger partial charge in [0, 0.05) is 31.3 Å². The summed E-state index contributed by atoms with van der Waals surface area (Å²) < 4.78 is 0. The van der Waals surface area contributed by atoms with Crippen LogP contribution >= 0.6 is 11.8 Å². The van der Waals surface area contributed by atoms with Crippen LogP contribution in [0.3, 0.4) is 0 Å². The first-order valence-electron chi connectivity index (χ1n) is 16.2. The van der Waals surface area contributed by atoms with E-state index in [0.29, 0.717) is 29.5 Å². The number of hydrogen-bond donors (Lipinski definition) is 0. The van der Waals surface area contributed by atoms with Gasteiger partial charge in [0.1, 0.15) is 0 Å². The summed E-state index contributed by atoms with van der Waals surface area (Å²) in [7, 11) is 4.29. The standard InChI is InChI=1S/C34H68N2OS/c1-10-14-17-20-23-33(5,6)29-36(26-13-4)32(37)27-31(28-35(8)9)38-30-34(7,24-21-18-15-11-2)25-22-19-16-12-3/h13,31H,4,10-12,14-30H2,1-3,5-9H3. The van der Waals surface area contributed by atoms with Crippen molar-refractivity contribution in [3.8, 4) is 0 Å². The molecule has 0 bridgehead atoms. The normalized spacial score (nSPS) is 13.2. The molecule has 38 heavy (non-hydrogen) atoms. The largest absolute Gasteiger partial charge is 0.338 e. The molecule has 226 valence electrons. The molecule has 0 aliphatic carbocycles. The van der Waals surface area contributed by atoms with E-state index in [9.17, 15) is 4.79 Å². The minimum atomic E-state index is 0.145. The van der Waals surface area contributed by atoms with Gasteiger partial charge in [-0.25, -0.2) is 0 Å². The van der Waals surface area contributed by atoms with Crippen LogP contribution in [0.1, 0.15) is 144 Å². The van der Waals surface area contributed by atoms with E-state index in [1.165, 1.54) is 102 Å². The Bertz CT molecular complexity index is 577. The Hall–Kier alpha value is -0.480. The van der Waals surface area contributed by atoms with Crippen LogP contribution < -0.4 is 0 Å². The van der Waals surface area contributed by atoms with Gasteiger partial charge in [-0.3, -0.25) is 4.79 Å². The average molecular weight is 553 g/mol. The number of unbranched alkanes of at least 4 members (excludes halogenated alkanes) is 9. The van der Waals surface area contributed by atoms with Crippen LogP contribution in [0.15, 0.2) is 12.7 Å². The first kappa shape index (κ1) is 37.5. The van der Waals surface area contributed by atoms with Crippen molar-refractivity contribution >= 4 is 17.7 Å². The van der Waals surface area contributed by atoms with Gasteiger partial charge >= 0.3 is 0 Å². The molecule has 4 heteroatoms. The van der Waals surface area contributed by atoms with Crippen LogP contribution in [-0.4, -0.2) is 60.4 Å². The second-order valence-corrected chi connectivity index (χ2v) is 14.7. The minimum Gasteiger partial charge on any atom is -0.338 e. The topological polar surface area (TPSA) is 23.6 Å². The summed E-state index contributed by atoms with van der Waals surface area (Å²) in [6.45, 7) is 20.5. The quantitative estimate of drug-likeness (QED) is 0.0788. The first-order valence-corrected chi connectivity index (χ1v) is 17.2. The number of rotatable bonds is 26. The Morgan fingerprint density at radius 2 is 1.32 bits per heavy atom. The molecule has 0 aliphatic heterocycles. The van der Waals surface area contributed by atoms with Crippen LogP contribution in [-0.2, 0) is 4.79 Å². The van der Waals surface area contributed by atoms with Gasteiger partial charge in [-0.05, 0) is 49.9 Å². The molecular weight excluding hydrogens is 484 g/mol. The van der Waals surface area contributed by atoms with Crippen molar-refractivity contribution in [3.63, 3.8) is 0 Å². The predicted octanol–water partition coefficient (Wildman–Crippen LogP) is 10.00. The lowest BCUT2D eigenvalue weighted by atomic mass is 9.81. The molecule has 3 nitrogen and oxygen atoms in total. The maximum absolute atomic E-state index is 13.6. The number of thioether (sulfide) groups is 1. The zero-order chi connectivity index (χ0) is 28.9. The molecule has 1 atom stereocenters. The van der Waals surface area contributed by atoms with Crippen LogP contribution in [0.2, 0.25) is 0 Å². The second-order valence-electron chi connectivity index (χ2n) is 13.4. The van der Waals surface area contributed by atoms with Crippen LogP contribution in [0.4, 0.5) is 0 Å². The lowest BCUT2D eigenvalue weighted by Gasteiger charge is -2.35. The molecule has 0 saturated carbocycles. The SMILES string of the molecule is C=CCN(CC(C)(C)CCCCCC)C(=O)CC(CN(C)C)SCC(C)(CCCCCC)CCCCCC. The fourth-order valence-electron chi connectivity index (χ4n) is 5.49. The van der Waals surface area contributed by atoms with Crippen molar-refractivity contribution in [2.45, 2.75) is 150 Å². The van der Waals surface area contributed by atoms with Crippen molar-refractivity contribution in [1.29, 1.82) is 0 Å². The maximum atomic E-state index is 13.6. The predicted molar refractivity (Wildman–Crippen MR) is 174 cm³/mol. The molecular formula is C34H68N2OS. The number of hydrogen-bond acceptors (Lipinski definition) is 3. The van der Waals surface area contributed by atoms with Crippen LogP contribution in [0, 0.1) is 10.8 Å². The van der Waals surface area contributed by atoms with E-state index in [4.69, 9.17) is 0 Å². The molecule has 1 unspecified atom stereocenters. The second kappa shape index (κ2) is 22.2. The molecule has 0 aromatic carbocycles. The fraction of sp³-hybridized carbons (Fsp3) is 0.912. The van der Waals surface area contributed by atoms with Crippen molar-refractivity contribution in [3.05, 3.63) is 12.7 Å². The lowest BCUT2D eigenvalue weighted by molar-refractivity contribution is -0.132. The van der Waals surface area contributed by atoms with Gasteiger partial charge in [0.2, 0.25) is 5.91 Å². The molecule has 0 radical (unpaired) electrons. The third-order valence-corrected chi connectivity index (χ3v) is 9.59. The van der Waals surface area contributed by atoms with Gasteiger partial charge in [-0.2, -0.15) is 11.8 Å². The monoisotopic (exact) mass is 553 g/mol. The molecule has 0 fully saturated rings. The summed E-state index contributed by atoms with van der Waals surface area (Å²) in [5, 5.41) is 0.336. The molecule has 0 saturated heterocycles. The Labute approximate surface area is 244 Å². The fourth-order valence-corrected chi connectivity index (χ4v) is 7.08. The minimum absolute atomic E-state index is 0.145. The lowest BCUT2D eigenvalue weighted by Crippen LogP contribution is -2.41. The zero-order valence-corrected chi connectivity index (χ0v) is 28.0. The Balaban J connectivity index is 5.27. The molecule has 0 aromatic heterocycles. The van der Waals surface area contributed by atoms with E-state index in [2.05, 4.69) is 83.8 Å². The highest BCUT2D eigenvalue weighted by atomic mass is 32.2. The smallest absolute Gasteiger partial charge is 0.224 e. The van der Waals surface area contributed by atoms with Gasteiger partial charge in [0.15, 0.2) is 0 Å². The number of carbonyl (C=O) groups is 1. The Kier molecular flexibility index (Phi) is 22.0. The van der Waals surface area contributed by atoms with E-state index >= 15 is 0 Å². The summed E-state index contributed by atoms with van der Waals surface area (Å²) in [6.07, 6.45) is 22.2. The van der Waals surface area contributed by atoms with Crippen molar-refractivity contribution in [1.82, 2.24) is 9.80 Å². The molecule has 0 N–H and O–H groups in total. The third kappa shape index (κ3) is 19.6. The molecule has 0 heterocycles. The van der Waals surface area contributed by atoms with E-state index in [0.717, 1.165) is 13.1 Å². The molecule has 1 amide bonds. The van der Waals surface area contributed by atoms with E-state index in [1.54, 1.807) is 0 Å². The van der Waals surface area contributed by atoms with Gasteiger partial charge in [0.05, 0.1) is 0 Å². The summed E-state index contributed by atoms with van der Waals surface area (Å²) in [5.41, 5.74) is 0.521. The zero-order valence-electron chi connectivity index (χ0n) is 27.2. The van der Waals surface area contributed by atoms with Crippen molar-refractivity contribution in [2.75, 3.05) is 39.5 Å². The number of nitrogens with zero attached hydrogens (tertiary/aromatic N) is 2. The first-order chi connectivity index (χ1) is 18.0. The summed E-state index contributed by atoms with van der Waals surface area (Å²) in [4.78, 5) is 18.0. The highest BCUT2D eigenvalue weighted by Gasteiger charge is 2.29. The highest BCUT2D eigenvalue weighted by molar-refractivity contribution is 8.00. The summed E-state index contributed by atoms with van der Waals surface area (Å²) in [5.74, 6) is 1.47. The highest BCUT2D eigenvalue weighted by Crippen LogP contribution is 2.37. The Morgan fingerprint density at radius 1 is 0.816 bits per heavy atom. The van der Waals surface area contributed by atoms with Crippen LogP contribution in [0.5, 0.6) is 0 Å². The van der Waals surface area contributed by atoms with Gasteiger partial charge in [-0.15, -0.1) is 6.58 Å². The van der Waals surface area contributed by atoms with E-state index in [1.807, 2.05) is 6.08 Å². The van der Waals surface area contributed by atoms with E-state index in [-0.39, 0.29) is 5.41 Å². The molecule has 0 aliphatic rings. The van der Waals surface area contributed by atoms with Crippen molar-refractivity contribution < 1.29 is 4.79 Å². The van der Waals surface area contributed by atoms with E-state index < -0.39 is 0 Å². The molecule has 0 aromatic rings. The number of carbonyl (C=O) groups excluding carboxylic acids is 1. The van der Waals surface area contributed by atoms with Gasteiger partial charge in [-0.1, -0.05) is 125 Å². The van der Waals surface area contributed by atoms with Gasteiger partial charge in [0.25, 0.3) is 0 Å². The average Bonchev–Trinajstić information content (AvgIpc) is 2.85.